The van der Waals surface area contributed by atoms with Crippen molar-refractivity contribution in [1.29, 1.82) is 0 Å². The first-order valence-corrected chi connectivity index (χ1v) is 7.05. The molecule has 0 spiro atoms. The molecule has 2 amide bonds. The van der Waals surface area contributed by atoms with Crippen LogP contribution in [0.3, 0.4) is 0 Å². The fourth-order valence-corrected chi connectivity index (χ4v) is 2.50. The summed E-state index contributed by atoms with van der Waals surface area (Å²) < 4.78 is 26.8. The van der Waals surface area contributed by atoms with Crippen LogP contribution in [0.4, 0.5) is 8.78 Å². The van der Waals surface area contributed by atoms with Gasteiger partial charge >= 0.3 is 0 Å². The third-order valence-electron chi connectivity index (χ3n) is 3.69. The number of likely N-dealkylation sites (tertiary alicyclic amines) is 1. The van der Waals surface area contributed by atoms with Crippen LogP contribution < -0.4 is 5.32 Å². The summed E-state index contributed by atoms with van der Waals surface area (Å²) in [6, 6.07) is 3.57. The summed E-state index contributed by atoms with van der Waals surface area (Å²) in [5.74, 6) is -2.80. The summed E-state index contributed by atoms with van der Waals surface area (Å²) in [6.07, 6.45) is 1.07. The van der Waals surface area contributed by atoms with E-state index in [0.29, 0.717) is 32.5 Å². The Balaban J connectivity index is 2.00. The highest BCUT2D eigenvalue weighted by Crippen LogP contribution is 2.21. The molecule has 1 saturated heterocycles. The van der Waals surface area contributed by atoms with Crippen molar-refractivity contribution in [3.05, 3.63) is 35.4 Å². The van der Waals surface area contributed by atoms with Gasteiger partial charge in [-0.3, -0.25) is 9.59 Å². The van der Waals surface area contributed by atoms with Crippen LogP contribution in [-0.4, -0.2) is 36.3 Å². The number of piperidine rings is 1. The van der Waals surface area contributed by atoms with E-state index in [1.165, 1.54) is 17.0 Å². The summed E-state index contributed by atoms with van der Waals surface area (Å²) in [7, 11) is 0. The zero-order valence-electron chi connectivity index (χ0n) is 11.9. The van der Waals surface area contributed by atoms with Gasteiger partial charge in [0, 0.05) is 25.6 Å². The highest BCUT2D eigenvalue weighted by Gasteiger charge is 2.28. The third-order valence-corrected chi connectivity index (χ3v) is 3.69. The topological polar surface area (TPSA) is 49.4 Å². The minimum absolute atomic E-state index is 0.0125. The molecule has 4 nitrogen and oxygen atoms in total. The van der Waals surface area contributed by atoms with E-state index in [2.05, 4.69) is 5.32 Å². The first-order chi connectivity index (χ1) is 10.0. The lowest BCUT2D eigenvalue weighted by atomic mass is 9.95. The van der Waals surface area contributed by atoms with Crippen LogP contribution >= 0.6 is 0 Å². The average Bonchev–Trinajstić information content (AvgIpc) is 2.50. The summed E-state index contributed by atoms with van der Waals surface area (Å²) in [5.41, 5.74) is -0.258. The lowest BCUT2D eigenvalue weighted by Crippen LogP contribution is -2.43. The van der Waals surface area contributed by atoms with Gasteiger partial charge in [0.1, 0.15) is 0 Å². The fourth-order valence-electron chi connectivity index (χ4n) is 2.50. The van der Waals surface area contributed by atoms with E-state index >= 15 is 0 Å². The Bertz CT molecular complexity index is 540. The zero-order valence-corrected chi connectivity index (χ0v) is 11.9. The molecule has 0 radical (unpaired) electrons. The minimum atomic E-state index is -1.12. The molecule has 0 bridgehead atoms. The number of nitrogens with one attached hydrogen (secondary N) is 1. The molecule has 1 aromatic rings. The Kier molecular flexibility index (Phi) is 4.88. The predicted molar refractivity (Wildman–Crippen MR) is 73.7 cm³/mol. The molecule has 1 fully saturated rings. The van der Waals surface area contributed by atoms with Gasteiger partial charge in [0.25, 0.3) is 5.91 Å². The second-order valence-corrected chi connectivity index (χ2v) is 5.06. The molecular weight excluding hydrogens is 278 g/mol. The first kappa shape index (κ1) is 15.4. The van der Waals surface area contributed by atoms with E-state index in [1.807, 2.05) is 6.92 Å². The van der Waals surface area contributed by atoms with E-state index in [-0.39, 0.29) is 17.4 Å². The average molecular weight is 296 g/mol. The van der Waals surface area contributed by atoms with Gasteiger partial charge in [0.2, 0.25) is 5.91 Å². The summed E-state index contributed by atoms with van der Waals surface area (Å²) in [5, 5.41) is 2.76. The summed E-state index contributed by atoms with van der Waals surface area (Å²) >= 11 is 0. The normalized spacial score (nSPS) is 15.9. The summed E-state index contributed by atoms with van der Waals surface area (Å²) in [4.78, 5) is 25.4. The minimum Gasteiger partial charge on any atom is -0.356 e. The van der Waals surface area contributed by atoms with Gasteiger partial charge in [-0.15, -0.1) is 0 Å². The van der Waals surface area contributed by atoms with Gasteiger partial charge < -0.3 is 10.2 Å². The van der Waals surface area contributed by atoms with E-state index in [0.717, 1.165) is 6.07 Å². The number of rotatable bonds is 3. The Hall–Kier alpha value is -1.98. The van der Waals surface area contributed by atoms with Crippen molar-refractivity contribution < 1.29 is 18.4 Å². The van der Waals surface area contributed by atoms with Crippen LogP contribution in [0.1, 0.15) is 30.1 Å². The molecule has 21 heavy (non-hydrogen) atoms. The van der Waals surface area contributed by atoms with Gasteiger partial charge in [-0.25, -0.2) is 8.78 Å². The predicted octanol–water partition coefficient (Wildman–Crippen LogP) is 1.95. The lowest BCUT2D eigenvalue weighted by Gasteiger charge is -2.31. The van der Waals surface area contributed by atoms with Gasteiger partial charge in [0.05, 0.1) is 5.56 Å². The zero-order chi connectivity index (χ0) is 15.4. The van der Waals surface area contributed by atoms with E-state index in [4.69, 9.17) is 0 Å². The number of carbonyl (C=O) groups excluding carboxylic acids is 2. The number of amides is 2. The van der Waals surface area contributed by atoms with Crippen LogP contribution in [0.2, 0.25) is 0 Å². The number of hydrogen-bond acceptors (Lipinski definition) is 2. The second kappa shape index (κ2) is 6.65. The quantitative estimate of drug-likeness (QED) is 0.927. The molecule has 1 N–H and O–H groups in total. The maximum atomic E-state index is 13.6. The van der Waals surface area contributed by atoms with Crippen molar-refractivity contribution in [3.63, 3.8) is 0 Å². The van der Waals surface area contributed by atoms with Gasteiger partial charge in [0.15, 0.2) is 11.6 Å². The number of halogens is 2. The van der Waals surface area contributed by atoms with Gasteiger partial charge in [-0.1, -0.05) is 6.07 Å². The van der Waals surface area contributed by atoms with Gasteiger partial charge in [-0.2, -0.15) is 0 Å². The maximum absolute atomic E-state index is 13.6. The highest BCUT2D eigenvalue weighted by molar-refractivity contribution is 5.94. The molecule has 1 aliphatic heterocycles. The molecular formula is C15H18F2N2O2. The summed E-state index contributed by atoms with van der Waals surface area (Å²) in [6.45, 7) is 3.17. The standard InChI is InChI=1S/C15H18F2N2O2/c1-2-18-14(20)10-6-8-19(9-7-10)15(21)11-4-3-5-12(16)13(11)17/h3-5,10H,2,6-9H2,1H3,(H,18,20). The molecule has 2 rings (SSSR count). The molecule has 1 aliphatic rings. The van der Waals surface area contributed by atoms with Crippen molar-refractivity contribution >= 4 is 11.8 Å². The molecule has 114 valence electrons. The molecule has 1 heterocycles. The molecule has 0 atom stereocenters. The number of carbonyl (C=O) groups is 2. The van der Waals surface area contributed by atoms with Crippen LogP contribution in [0.5, 0.6) is 0 Å². The molecule has 1 aromatic carbocycles. The Morgan fingerprint density at radius 2 is 1.95 bits per heavy atom. The monoisotopic (exact) mass is 296 g/mol. The molecule has 0 saturated carbocycles. The number of nitrogens with zero attached hydrogens (tertiary/aromatic N) is 1. The smallest absolute Gasteiger partial charge is 0.256 e. The van der Waals surface area contributed by atoms with Crippen LogP contribution in [0.25, 0.3) is 0 Å². The maximum Gasteiger partial charge on any atom is 0.256 e. The van der Waals surface area contributed by atoms with Crippen molar-refractivity contribution in [3.8, 4) is 0 Å². The van der Waals surface area contributed by atoms with E-state index < -0.39 is 17.5 Å². The van der Waals surface area contributed by atoms with Gasteiger partial charge in [-0.05, 0) is 31.9 Å². The molecule has 0 aliphatic carbocycles. The Morgan fingerprint density at radius 3 is 2.57 bits per heavy atom. The van der Waals surface area contributed by atoms with E-state index in [1.54, 1.807) is 0 Å². The van der Waals surface area contributed by atoms with Crippen LogP contribution in [0, 0.1) is 17.6 Å². The molecule has 0 unspecified atom stereocenters. The highest BCUT2D eigenvalue weighted by atomic mass is 19.2. The molecule has 0 aromatic heterocycles. The first-order valence-electron chi connectivity index (χ1n) is 7.05. The van der Waals surface area contributed by atoms with Crippen molar-refractivity contribution in [2.24, 2.45) is 5.92 Å². The Labute approximate surface area is 122 Å². The van der Waals surface area contributed by atoms with Crippen LogP contribution in [-0.2, 0) is 4.79 Å². The lowest BCUT2D eigenvalue weighted by molar-refractivity contribution is -0.126. The largest absolute Gasteiger partial charge is 0.356 e. The van der Waals surface area contributed by atoms with Crippen LogP contribution in [0.15, 0.2) is 18.2 Å². The van der Waals surface area contributed by atoms with Crippen molar-refractivity contribution in [2.75, 3.05) is 19.6 Å². The molecule has 6 heteroatoms. The Morgan fingerprint density at radius 1 is 1.29 bits per heavy atom. The fraction of sp³-hybridized carbons (Fsp3) is 0.467. The van der Waals surface area contributed by atoms with E-state index in [9.17, 15) is 18.4 Å². The number of benzene rings is 1. The second-order valence-electron chi connectivity index (χ2n) is 5.06. The third kappa shape index (κ3) is 3.37. The van der Waals surface area contributed by atoms with Crippen molar-refractivity contribution in [1.82, 2.24) is 10.2 Å². The number of hydrogen-bond donors (Lipinski definition) is 1. The van der Waals surface area contributed by atoms with Crippen molar-refractivity contribution in [2.45, 2.75) is 19.8 Å². The SMILES string of the molecule is CCNC(=O)C1CCN(C(=O)c2cccc(F)c2F)CC1.